The molecule has 0 saturated heterocycles. The van der Waals surface area contributed by atoms with Crippen LogP contribution in [-0.2, 0) is 25.7 Å². The molecule has 2 aliphatic carbocycles. The summed E-state index contributed by atoms with van der Waals surface area (Å²) in [5.41, 5.74) is 10.8. The van der Waals surface area contributed by atoms with Gasteiger partial charge in [0.1, 0.15) is 0 Å². The van der Waals surface area contributed by atoms with Crippen LogP contribution in [0.4, 0.5) is 0 Å². The molecular weight excluding hydrogens is 314 g/mol. The van der Waals surface area contributed by atoms with E-state index in [0.29, 0.717) is 0 Å². The summed E-state index contributed by atoms with van der Waals surface area (Å²) in [6.07, 6.45) is 10.2. The van der Waals surface area contributed by atoms with Crippen molar-refractivity contribution in [2.45, 2.75) is 51.4 Å². The second-order valence-corrected chi connectivity index (χ2v) is 7.79. The summed E-state index contributed by atoms with van der Waals surface area (Å²) in [6.45, 7) is 0. The number of benzene rings is 2. The van der Waals surface area contributed by atoms with Crippen molar-refractivity contribution in [1.29, 1.82) is 0 Å². The number of aromatic nitrogens is 1. The van der Waals surface area contributed by atoms with Gasteiger partial charge in [-0.3, -0.25) is 0 Å². The van der Waals surface area contributed by atoms with E-state index in [0.717, 1.165) is 11.4 Å². The van der Waals surface area contributed by atoms with Crippen LogP contribution in [-0.4, -0.2) is 4.98 Å². The molecule has 0 spiro atoms. The molecule has 0 N–H and O–H groups in total. The molecule has 3 aromatic rings. The van der Waals surface area contributed by atoms with E-state index in [2.05, 4.69) is 54.6 Å². The summed E-state index contributed by atoms with van der Waals surface area (Å²) in [6, 6.07) is 20.3. The van der Waals surface area contributed by atoms with Gasteiger partial charge in [0.05, 0.1) is 11.4 Å². The zero-order chi connectivity index (χ0) is 17.3. The van der Waals surface area contributed by atoms with E-state index in [9.17, 15) is 0 Å². The maximum atomic E-state index is 5.01. The van der Waals surface area contributed by atoms with Crippen LogP contribution in [0.3, 0.4) is 0 Å². The third kappa shape index (κ3) is 2.96. The second kappa shape index (κ2) is 6.72. The summed E-state index contributed by atoms with van der Waals surface area (Å²) < 4.78 is 0. The van der Waals surface area contributed by atoms with Crippen LogP contribution in [0.25, 0.3) is 22.5 Å². The molecule has 0 atom stereocenters. The standard InChI is InChI=1S/C25H25N/c1-3-8-20-16-22(14-12-18(20)6-1)24-10-5-11-25(26-24)23-15-13-19-7-2-4-9-21(19)17-23/h5,10-17H,1-4,6-9H2. The highest BCUT2D eigenvalue weighted by Crippen LogP contribution is 2.30. The Morgan fingerprint density at radius 1 is 0.500 bits per heavy atom. The zero-order valence-electron chi connectivity index (χ0n) is 15.3. The molecule has 1 heterocycles. The number of hydrogen-bond donors (Lipinski definition) is 0. The van der Waals surface area contributed by atoms with Gasteiger partial charge in [-0.25, -0.2) is 4.98 Å². The Morgan fingerprint density at radius 2 is 0.962 bits per heavy atom. The fourth-order valence-corrected chi connectivity index (χ4v) is 4.54. The van der Waals surface area contributed by atoms with E-state index < -0.39 is 0 Å². The van der Waals surface area contributed by atoms with Crippen LogP contribution in [0, 0.1) is 0 Å². The Kier molecular flexibility index (Phi) is 4.09. The zero-order valence-corrected chi connectivity index (χ0v) is 15.3. The Hall–Kier alpha value is -2.41. The van der Waals surface area contributed by atoms with E-state index in [1.807, 2.05) is 0 Å². The molecule has 1 heteroatoms. The van der Waals surface area contributed by atoms with Gasteiger partial charge in [0.25, 0.3) is 0 Å². The molecule has 1 aromatic heterocycles. The molecule has 0 saturated carbocycles. The number of fused-ring (bicyclic) bond motifs is 2. The Balaban J connectivity index is 1.51. The number of pyridine rings is 1. The van der Waals surface area contributed by atoms with Crippen molar-refractivity contribution in [1.82, 2.24) is 4.98 Å². The highest BCUT2D eigenvalue weighted by atomic mass is 14.7. The largest absolute Gasteiger partial charge is 0.248 e. The summed E-state index contributed by atoms with van der Waals surface area (Å²) in [4.78, 5) is 5.01. The number of aryl methyl sites for hydroxylation is 4. The molecule has 2 aliphatic rings. The molecule has 2 aromatic carbocycles. The Labute approximate surface area is 156 Å². The van der Waals surface area contributed by atoms with Crippen molar-refractivity contribution in [2.75, 3.05) is 0 Å². The van der Waals surface area contributed by atoms with Gasteiger partial charge in [-0.1, -0.05) is 30.3 Å². The maximum absolute atomic E-state index is 5.01. The van der Waals surface area contributed by atoms with Gasteiger partial charge in [-0.2, -0.15) is 0 Å². The van der Waals surface area contributed by atoms with Crippen LogP contribution in [0.2, 0.25) is 0 Å². The maximum Gasteiger partial charge on any atom is 0.0709 e. The lowest BCUT2D eigenvalue weighted by molar-refractivity contribution is 0.686. The highest BCUT2D eigenvalue weighted by molar-refractivity contribution is 5.68. The molecular formula is C25H25N. The van der Waals surface area contributed by atoms with Crippen molar-refractivity contribution in [2.24, 2.45) is 0 Å². The summed E-state index contributed by atoms with van der Waals surface area (Å²) in [5, 5.41) is 0. The Bertz CT molecular complexity index is 879. The summed E-state index contributed by atoms with van der Waals surface area (Å²) in [5.74, 6) is 0. The number of hydrogen-bond acceptors (Lipinski definition) is 1. The van der Waals surface area contributed by atoms with Crippen LogP contribution in [0.5, 0.6) is 0 Å². The van der Waals surface area contributed by atoms with E-state index in [-0.39, 0.29) is 0 Å². The third-order valence-electron chi connectivity index (χ3n) is 6.04. The summed E-state index contributed by atoms with van der Waals surface area (Å²) >= 11 is 0. The molecule has 0 radical (unpaired) electrons. The normalized spacial score (nSPS) is 16.0. The number of rotatable bonds is 2. The van der Waals surface area contributed by atoms with Crippen molar-refractivity contribution in [3.8, 4) is 22.5 Å². The highest BCUT2D eigenvalue weighted by Gasteiger charge is 2.13. The smallest absolute Gasteiger partial charge is 0.0709 e. The van der Waals surface area contributed by atoms with Gasteiger partial charge in [0, 0.05) is 11.1 Å². The van der Waals surface area contributed by atoms with Crippen molar-refractivity contribution >= 4 is 0 Å². The molecule has 26 heavy (non-hydrogen) atoms. The van der Waals surface area contributed by atoms with Crippen molar-refractivity contribution < 1.29 is 0 Å². The fourth-order valence-electron chi connectivity index (χ4n) is 4.54. The van der Waals surface area contributed by atoms with Gasteiger partial charge in [-0.05, 0) is 97.9 Å². The molecule has 0 aliphatic heterocycles. The topological polar surface area (TPSA) is 12.9 Å². The van der Waals surface area contributed by atoms with Crippen molar-refractivity contribution in [3.05, 3.63) is 76.9 Å². The quantitative estimate of drug-likeness (QED) is 0.544. The van der Waals surface area contributed by atoms with Crippen LogP contribution in [0.15, 0.2) is 54.6 Å². The van der Waals surface area contributed by atoms with E-state index in [4.69, 9.17) is 4.98 Å². The fraction of sp³-hybridized carbons (Fsp3) is 0.320. The minimum absolute atomic E-state index is 1.09. The van der Waals surface area contributed by atoms with Gasteiger partial charge >= 0.3 is 0 Å². The lowest BCUT2D eigenvalue weighted by Gasteiger charge is -2.17. The molecule has 130 valence electrons. The first-order valence-corrected chi connectivity index (χ1v) is 10.1. The average molecular weight is 339 g/mol. The first-order chi connectivity index (χ1) is 12.9. The van der Waals surface area contributed by atoms with E-state index >= 15 is 0 Å². The van der Waals surface area contributed by atoms with Crippen LogP contribution in [0.1, 0.15) is 47.9 Å². The molecule has 5 rings (SSSR count). The predicted molar refractivity (Wildman–Crippen MR) is 108 cm³/mol. The van der Waals surface area contributed by atoms with Gasteiger partial charge in [-0.15, -0.1) is 0 Å². The molecule has 0 fully saturated rings. The van der Waals surface area contributed by atoms with Gasteiger partial charge in [0.2, 0.25) is 0 Å². The SMILES string of the molecule is c1cc(-c2ccc3c(c2)CCCC3)nc(-c2ccc3c(c2)CCCC3)c1. The molecule has 0 amide bonds. The second-order valence-electron chi connectivity index (χ2n) is 7.79. The van der Waals surface area contributed by atoms with E-state index in [1.165, 1.54) is 84.7 Å². The number of nitrogens with zero attached hydrogens (tertiary/aromatic N) is 1. The Morgan fingerprint density at radius 3 is 1.46 bits per heavy atom. The van der Waals surface area contributed by atoms with E-state index in [1.54, 1.807) is 0 Å². The molecule has 1 nitrogen and oxygen atoms in total. The first-order valence-electron chi connectivity index (χ1n) is 10.1. The summed E-state index contributed by atoms with van der Waals surface area (Å²) in [7, 11) is 0. The monoisotopic (exact) mass is 339 g/mol. The average Bonchev–Trinajstić information content (AvgIpc) is 2.73. The van der Waals surface area contributed by atoms with Crippen LogP contribution < -0.4 is 0 Å². The van der Waals surface area contributed by atoms with Crippen molar-refractivity contribution in [3.63, 3.8) is 0 Å². The van der Waals surface area contributed by atoms with Gasteiger partial charge in [0.15, 0.2) is 0 Å². The molecule has 0 bridgehead atoms. The van der Waals surface area contributed by atoms with Crippen LogP contribution >= 0.6 is 0 Å². The minimum atomic E-state index is 1.09. The van der Waals surface area contributed by atoms with Gasteiger partial charge < -0.3 is 0 Å². The first kappa shape index (κ1) is 15.8. The lowest BCUT2D eigenvalue weighted by Crippen LogP contribution is -2.03. The predicted octanol–water partition coefficient (Wildman–Crippen LogP) is 6.17. The lowest BCUT2D eigenvalue weighted by atomic mass is 9.89. The third-order valence-corrected chi connectivity index (χ3v) is 6.04. The molecule has 0 unspecified atom stereocenters. The minimum Gasteiger partial charge on any atom is -0.248 e.